The standard InChI is InChI=1S/C18H24N2O2/c1-17(2)14(13-8-11-22-15(13)17)19-16(21)20-18(9-10-18)12-6-4-3-5-7-12/h3-7,13-15H,8-11H2,1-2H3,(H2,19,20,21). The van der Waals surface area contributed by atoms with Crippen LogP contribution in [0.1, 0.15) is 38.7 Å². The highest BCUT2D eigenvalue weighted by atomic mass is 16.5. The minimum atomic E-state index is -0.148. The van der Waals surface area contributed by atoms with Crippen molar-refractivity contribution in [2.24, 2.45) is 11.3 Å². The molecule has 3 aliphatic rings. The Labute approximate surface area is 131 Å². The van der Waals surface area contributed by atoms with Gasteiger partial charge in [0, 0.05) is 24.0 Å². The van der Waals surface area contributed by atoms with Crippen molar-refractivity contribution >= 4 is 6.03 Å². The number of nitrogens with one attached hydrogen (secondary N) is 2. The third-order valence-corrected chi connectivity index (χ3v) is 5.82. The van der Waals surface area contributed by atoms with Gasteiger partial charge in [-0.2, -0.15) is 0 Å². The lowest BCUT2D eigenvalue weighted by Gasteiger charge is -2.54. The van der Waals surface area contributed by atoms with Crippen LogP contribution in [0.2, 0.25) is 0 Å². The molecular weight excluding hydrogens is 276 g/mol. The Morgan fingerprint density at radius 1 is 1.23 bits per heavy atom. The molecule has 2 saturated carbocycles. The van der Waals surface area contributed by atoms with E-state index in [1.54, 1.807) is 0 Å². The maximum absolute atomic E-state index is 12.5. The molecule has 0 radical (unpaired) electrons. The lowest BCUT2D eigenvalue weighted by atomic mass is 9.57. The highest BCUT2D eigenvalue weighted by molar-refractivity contribution is 5.76. The van der Waals surface area contributed by atoms with E-state index in [0.717, 1.165) is 25.9 Å². The number of amides is 2. The zero-order valence-electron chi connectivity index (χ0n) is 13.3. The number of ether oxygens (including phenoxy) is 1. The Bertz CT molecular complexity index is 580. The number of hydrogen-bond donors (Lipinski definition) is 2. The van der Waals surface area contributed by atoms with Gasteiger partial charge in [0.15, 0.2) is 0 Å². The largest absolute Gasteiger partial charge is 0.377 e. The molecule has 1 saturated heterocycles. The predicted molar refractivity (Wildman–Crippen MR) is 84.4 cm³/mol. The second kappa shape index (κ2) is 4.72. The Morgan fingerprint density at radius 3 is 2.64 bits per heavy atom. The fraction of sp³-hybridized carbons (Fsp3) is 0.611. The quantitative estimate of drug-likeness (QED) is 0.902. The molecule has 3 unspecified atom stereocenters. The molecule has 118 valence electrons. The summed E-state index contributed by atoms with van der Waals surface area (Å²) in [5.41, 5.74) is 1.09. The summed E-state index contributed by atoms with van der Waals surface area (Å²) >= 11 is 0. The van der Waals surface area contributed by atoms with Crippen LogP contribution >= 0.6 is 0 Å². The van der Waals surface area contributed by atoms with Crippen molar-refractivity contribution in [1.29, 1.82) is 0 Å². The average Bonchev–Trinajstić information content (AvgIpc) is 3.14. The van der Waals surface area contributed by atoms with Gasteiger partial charge in [0.05, 0.1) is 11.6 Å². The van der Waals surface area contributed by atoms with Gasteiger partial charge >= 0.3 is 6.03 Å². The van der Waals surface area contributed by atoms with E-state index in [1.807, 2.05) is 18.2 Å². The minimum absolute atomic E-state index is 0.0297. The fourth-order valence-electron chi connectivity index (χ4n) is 4.38. The molecule has 1 aromatic rings. The monoisotopic (exact) mass is 300 g/mol. The van der Waals surface area contributed by atoms with Crippen LogP contribution in [0.25, 0.3) is 0 Å². The molecule has 4 rings (SSSR count). The Kier molecular flexibility index (Phi) is 3.02. The average molecular weight is 300 g/mol. The number of hydrogen-bond acceptors (Lipinski definition) is 2. The normalized spacial score (nSPS) is 33.5. The molecule has 4 nitrogen and oxygen atoms in total. The topological polar surface area (TPSA) is 50.4 Å². The molecule has 0 spiro atoms. The van der Waals surface area contributed by atoms with Gasteiger partial charge in [0.1, 0.15) is 0 Å². The van der Waals surface area contributed by atoms with Crippen LogP contribution in [0.15, 0.2) is 30.3 Å². The van der Waals surface area contributed by atoms with Gasteiger partial charge in [-0.25, -0.2) is 4.79 Å². The van der Waals surface area contributed by atoms with Gasteiger partial charge in [-0.3, -0.25) is 0 Å². The molecule has 1 heterocycles. The molecule has 1 aliphatic heterocycles. The van der Waals surface area contributed by atoms with Crippen molar-refractivity contribution in [2.75, 3.05) is 6.61 Å². The van der Waals surface area contributed by atoms with Gasteiger partial charge in [0.2, 0.25) is 0 Å². The van der Waals surface area contributed by atoms with E-state index in [0.29, 0.717) is 12.0 Å². The van der Waals surface area contributed by atoms with Crippen LogP contribution in [-0.4, -0.2) is 24.8 Å². The fourth-order valence-corrected chi connectivity index (χ4v) is 4.38. The summed E-state index contributed by atoms with van der Waals surface area (Å²) < 4.78 is 5.79. The van der Waals surface area contributed by atoms with Crippen molar-refractivity contribution in [1.82, 2.24) is 10.6 Å². The van der Waals surface area contributed by atoms with Crippen molar-refractivity contribution in [3.05, 3.63) is 35.9 Å². The number of carbonyl (C=O) groups is 1. The van der Waals surface area contributed by atoms with Crippen LogP contribution in [0, 0.1) is 11.3 Å². The Morgan fingerprint density at radius 2 is 1.95 bits per heavy atom. The lowest BCUT2D eigenvalue weighted by Crippen LogP contribution is -2.68. The highest BCUT2D eigenvalue weighted by Gasteiger charge is 2.60. The van der Waals surface area contributed by atoms with Crippen LogP contribution in [0.4, 0.5) is 4.79 Å². The maximum atomic E-state index is 12.5. The first kappa shape index (κ1) is 14.1. The molecule has 0 bridgehead atoms. The number of benzene rings is 1. The molecule has 2 aliphatic carbocycles. The maximum Gasteiger partial charge on any atom is 0.315 e. The molecule has 1 aromatic carbocycles. The number of carbonyl (C=O) groups excluding carboxylic acids is 1. The van der Waals surface area contributed by atoms with E-state index in [2.05, 4.69) is 36.6 Å². The molecule has 2 N–H and O–H groups in total. The number of fused-ring (bicyclic) bond motifs is 1. The summed E-state index contributed by atoms with van der Waals surface area (Å²) in [4.78, 5) is 12.5. The van der Waals surface area contributed by atoms with E-state index in [1.165, 1.54) is 5.56 Å². The first-order valence-electron chi connectivity index (χ1n) is 8.29. The summed E-state index contributed by atoms with van der Waals surface area (Å²) in [5.74, 6) is 0.479. The van der Waals surface area contributed by atoms with Crippen LogP contribution < -0.4 is 10.6 Å². The SMILES string of the molecule is CC1(C)C(NC(=O)NC2(c3ccccc3)CC2)C2CCOC21. The van der Waals surface area contributed by atoms with Crippen LogP contribution in [0.3, 0.4) is 0 Å². The molecular formula is C18H24N2O2. The van der Waals surface area contributed by atoms with E-state index in [-0.39, 0.29) is 23.0 Å². The second-order valence-electron chi connectivity index (χ2n) is 7.59. The smallest absolute Gasteiger partial charge is 0.315 e. The Hall–Kier alpha value is -1.55. The third-order valence-electron chi connectivity index (χ3n) is 5.82. The summed E-state index contributed by atoms with van der Waals surface area (Å²) in [5, 5.41) is 6.42. The summed E-state index contributed by atoms with van der Waals surface area (Å²) in [7, 11) is 0. The van der Waals surface area contributed by atoms with E-state index >= 15 is 0 Å². The lowest BCUT2D eigenvalue weighted by molar-refractivity contribution is -0.108. The molecule has 4 heteroatoms. The van der Waals surface area contributed by atoms with Crippen molar-refractivity contribution in [3.63, 3.8) is 0 Å². The summed E-state index contributed by atoms with van der Waals surface area (Å²) in [6.07, 6.45) is 3.41. The van der Waals surface area contributed by atoms with Crippen molar-refractivity contribution < 1.29 is 9.53 Å². The summed E-state index contributed by atoms with van der Waals surface area (Å²) in [6.45, 7) is 5.20. The van der Waals surface area contributed by atoms with Crippen LogP contribution in [-0.2, 0) is 10.3 Å². The number of urea groups is 1. The predicted octanol–water partition coefficient (Wildman–Crippen LogP) is 2.79. The molecule has 0 aromatic heterocycles. The second-order valence-corrected chi connectivity index (χ2v) is 7.59. The van der Waals surface area contributed by atoms with Crippen molar-refractivity contribution in [2.45, 2.75) is 50.8 Å². The first-order valence-corrected chi connectivity index (χ1v) is 8.29. The molecule has 3 fully saturated rings. The zero-order chi connectivity index (χ0) is 15.4. The minimum Gasteiger partial charge on any atom is -0.377 e. The zero-order valence-corrected chi connectivity index (χ0v) is 13.3. The van der Waals surface area contributed by atoms with Gasteiger partial charge < -0.3 is 15.4 Å². The van der Waals surface area contributed by atoms with Gasteiger partial charge in [-0.1, -0.05) is 44.2 Å². The van der Waals surface area contributed by atoms with E-state index in [9.17, 15) is 4.79 Å². The highest BCUT2D eigenvalue weighted by Crippen LogP contribution is 2.52. The summed E-state index contributed by atoms with van der Waals surface area (Å²) in [6, 6.07) is 10.4. The van der Waals surface area contributed by atoms with Gasteiger partial charge in [0.25, 0.3) is 0 Å². The van der Waals surface area contributed by atoms with E-state index in [4.69, 9.17) is 4.74 Å². The van der Waals surface area contributed by atoms with Gasteiger partial charge in [-0.05, 0) is 24.8 Å². The first-order chi connectivity index (χ1) is 10.5. The van der Waals surface area contributed by atoms with E-state index < -0.39 is 0 Å². The van der Waals surface area contributed by atoms with Gasteiger partial charge in [-0.15, -0.1) is 0 Å². The number of rotatable bonds is 3. The molecule has 2 amide bonds. The molecule has 22 heavy (non-hydrogen) atoms. The Balaban J connectivity index is 1.42. The van der Waals surface area contributed by atoms with Crippen molar-refractivity contribution in [3.8, 4) is 0 Å². The third kappa shape index (κ3) is 2.04. The van der Waals surface area contributed by atoms with Crippen LogP contribution in [0.5, 0.6) is 0 Å². The molecule has 3 atom stereocenters.